The van der Waals surface area contributed by atoms with E-state index in [2.05, 4.69) is 19.8 Å². The van der Waals surface area contributed by atoms with Crippen LogP contribution < -0.4 is 25.1 Å². The van der Waals surface area contributed by atoms with Gasteiger partial charge in [-0.2, -0.15) is 15.2 Å². The Hall–Kier alpha value is -8.39. The molecule has 0 radical (unpaired) electrons. The van der Waals surface area contributed by atoms with E-state index in [1.54, 1.807) is 60.7 Å². The van der Waals surface area contributed by atoms with E-state index < -0.39 is 71.7 Å². The highest BCUT2D eigenvalue weighted by Gasteiger charge is 2.33. The Kier molecular flexibility index (Phi) is 14.0. The number of hydrogen-bond acceptors (Lipinski definition) is 16. The highest BCUT2D eigenvalue weighted by atomic mass is 32.2. The van der Waals surface area contributed by atoms with E-state index in [1.165, 1.54) is 12.3 Å². The number of carboxylic acid groups (broad SMARTS) is 2. The average molecular weight is 933 g/mol. The highest BCUT2D eigenvalue weighted by Crippen LogP contribution is 2.37. The van der Waals surface area contributed by atoms with Crippen LogP contribution >= 0.6 is 0 Å². The number of esters is 1. The van der Waals surface area contributed by atoms with Crippen LogP contribution in [0.3, 0.4) is 0 Å². The second kappa shape index (κ2) is 19.6. The second-order valence-electron chi connectivity index (χ2n) is 13.9. The van der Waals surface area contributed by atoms with Crippen LogP contribution in [0.2, 0.25) is 0 Å². The SMILES string of the molecule is Cc1ccc(-n2nc(C(=O)[O-])c(/C=C/C=C3C(=O)N(c4ccc(S(=O)(=O)[O-])cc4)N=C3C(=O)[O-])c2[O-])cc1.[C-]#[N+]C1=C(c2ccc(NS(=O)(=O)CCCC)cc2)C(=Cc2ccco2)OC1=O. The fourth-order valence-corrected chi connectivity index (χ4v) is 7.87. The van der Waals surface area contributed by atoms with E-state index in [0.717, 1.165) is 59.2 Å². The minimum Gasteiger partial charge on any atom is -0.858 e. The maximum absolute atomic E-state index is 12.9. The van der Waals surface area contributed by atoms with Crippen LogP contribution in [0.15, 0.2) is 135 Å². The Labute approximate surface area is 376 Å². The molecule has 2 aromatic heterocycles. The van der Waals surface area contributed by atoms with Crippen LogP contribution in [-0.4, -0.2) is 66.4 Å². The van der Waals surface area contributed by atoms with Gasteiger partial charge >= 0.3 is 5.97 Å². The van der Waals surface area contributed by atoms with Crippen LogP contribution in [0, 0.1) is 13.5 Å². The number of carboxylic acids is 2. The van der Waals surface area contributed by atoms with E-state index >= 15 is 0 Å². The minimum atomic E-state index is -4.75. The van der Waals surface area contributed by atoms with Gasteiger partial charge in [-0.1, -0.05) is 55.3 Å². The first-order chi connectivity index (χ1) is 31.3. The first-order valence-corrected chi connectivity index (χ1v) is 22.3. The number of benzene rings is 3. The third-order valence-electron chi connectivity index (χ3n) is 9.34. The lowest BCUT2D eigenvalue weighted by Gasteiger charge is -2.13. The molecule has 1 N–H and O–H groups in total. The van der Waals surface area contributed by atoms with Gasteiger partial charge in [0, 0.05) is 22.9 Å². The van der Waals surface area contributed by atoms with Gasteiger partial charge in [0.1, 0.15) is 33.0 Å². The van der Waals surface area contributed by atoms with Crippen molar-refractivity contribution in [1.82, 2.24) is 9.78 Å². The zero-order valence-electron chi connectivity index (χ0n) is 34.4. The molecule has 3 aromatic carbocycles. The molecular formula is C44H32N6O14S2-4. The van der Waals surface area contributed by atoms with Gasteiger partial charge < -0.3 is 38.6 Å². The van der Waals surface area contributed by atoms with Crippen molar-refractivity contribution in [1.29, 1.82) is 0 Å². The van der Waals surface area contributed by atoms with Gasteiger partial charge in [-0.25, -0.2) is 26.4 Å². The van der Waals surface area contributed by atoms with Crippen LogP contribution in [0.5, 0.6) is 5.88 Å². The number of nitrogens with one attached hydrogen (secondary N) is 1. The number of anilines is 2. The zero-order chi connectivity index (χ0) is 47.9. The second-order valence-corrected chi connectivity index (χ2v) is 17.2. The summed E-state index contributed by atoms with van der Waals surface area (Å²) < 4.78 is 71.2. The summed E-state index contributed by atoms with van der Waals surface area (Å²) in [6.45, 7) is 11.0. The normalized spacial score (nSPS) is 15.2. The fraction of sp³-hybridized carbons (Fsp3) is 0.114. The summed E-state index contributed by atoms with van der Waals surface area (Å²) in [6.07, 6.45) is 7.45. The number of aryl methyl sites for hydroxylation is 1. The Morgan fingerprint density at radius 2 is 1.59 bits per heavy atom. The Bertz CT molecular complexity index is 3160. The summed E-state index contributed by atoms with van der Waals surface area (Å²) >= 11 is 0. The number of amides is 1. The predicted molar refractivity (Wildman–Crippen MR) is 229 cm³/mol. The summed E-state index contributed by atoms with van der Waals surface area (Å²) in [6, 6.07) is 20.3. The molecule has 0 aliphatic carbocycles. The van der Waals surface area contributed by atoms with Gasteiger partial charge in [-0.05, 0) is 91.5 Å². The van der Waals surface area contributed by atoms with Gasteiger partial charge in [-0.3, -0.25) is 14.3 Å². The summed E-state index contributed by atoms with van der Waals surface area (Å²) in [7, 11) is -8.16. The molecule has 22 heteroatoms. The number of allylic oxidation sites excluding steroid dienone is 3. The third-order valence-corrected chi connectivity index (χ3v) is 11.6. The molecule has 5 aromatic rings. The summed E-state index contributed by atoms with van der Waals surface area (Å²) in [5.74, 6) is -5.29. The van der Waals surface area contributed by atoms with E-state index in [4.69, 9.17) is 15.7 Å². The standard InChI is InChI=1S/C24H18N4O9S.C20H18N2O5S/c1-13-5-7-14(8-6-13)27-21(29)17(19(25-27)23(31)32)3-2-4-18-20(24(33)34)26-28(22(18)30)15-9-11-16(12-10-15)38(35,36)37;1-3-4-12-28(24,25)22-15-9-7-14(8-10-15)18-17(13-16-6-5-11-26-16)27-20(23)19(18)21-2/h2-12,29H,1H3,(H,31,32)(H,33,34)(H,35,36,37);5-11,13,22H,3-4,12H2,1H3/p-4/b3-2+,18-4?;. The molecule has 4 heterocycles. The summed E-state index contributed by atoms with van der Waals surface area (Å²) in [5.41, 5.74) is 0.0147. The van der Waals surface area contributed by atoms with Crippen molar-refractivity contribution in [2.24, 2.45) is 5.10 Å². The van der Waals surface area contributed by atoms with Crippen molar-refractivity contribution < 1.29 is 65.0 Å². The molecule has 0 atom stereocenters. The quantitative estimate of drug-likeness (QED) is 0.0724. The molecule has 0 spiro atoms. The number of aromatic nitrogens is 2. The smallest absolute Gasteiger partial charge is 0.342 e. The topological polar surface area (TPSA) is 301 Å². The van der Waals surface area contributed by atoms with Crippen molar-refractivity contribution in [3.63, 3.8) is 0 Å². The van der Waals surface area contributed by atoms with Crippen molar-refractivity contribution in [2.75, 3.05) is 15.5 Å². The molecule has 338 valence electrons. The van der Waals surface area contributed by atoms with E-state index in [-0.39, 0.29) is 28.5 Å². The number of aliphatic carboxylic acids is 1. The molecule has 20 nitrogen and oxygen atoms in total. The maximum Gasteiger partial charge on any atom is 0.342 e. The molecular weight excluding hydrogens is 901 g/mol. The van der Waals surface area contributed by atoms with E-state index in [0.29, 0.717) is 39.7 Å². The van der Waals surface area contributed by atoms with Crippen molar-refractivity contribution in [3.05, 3.63) is 160 Å². The number of nitrogens with zero attached hydrogens (tertiary/aromatic N) is 5. The summed E-state index contributed by atoms with van der Waals surface area (Å²) in [5, 5.41) is 44.1. The van der Waals surface area contributed by atoms with E-state index in [9.17, 15) is 55.9 Å². The number of furan rings is 1. The van der Waals surface area contributed by atoms with Crippen LogP contribution in [0.25, 0.3) is 28.3 Å². The number of sulfonamides is 1. The largest absolute Gasteiger partial charge is 0.858 e. The number of rotatable bonds is 14. The molecule has 0 saturated carbocycles. The van der Waals surface area contributed by atoms with Gasteiger partial charge in [0.2, 0.25) is 10.0 Å². The fourth-order valence-electron chi connectivity index (χ4n) is 6.13. The highest BCUT2D eigenvalue weighted by molar-refractivity contribution is 7.92. The number of ether oxygens (including phenoxy) is 1. The number of hydrogen-bond donors (Lipinski definition) is 1. The Balaban J connectivity index is 0.000000229. The Morgan fingerprint density at radius 3 is 2.17 bits per heavy atom. The predicted octanol–water partition coefficient (Wildman–Crippen LogP) is 2.66. The van der Waals surface area contributed by atoms with Crippen LogP contribution in [-0.2, 0) is 39.3 Å². The molecule has 0 saturated heterocycles. The molecule has 1 amide bonds. The number of unbranched alkanes of at least 4 members (excludes halogenated alkanes) is 1. The molecule has 2 aliphatic heterocycles. The van der Waals surface area contributed by atoms with Crippen molar-refractivity contribution in [3.8, 4) is 11.6 Å². The number of cyclic esters (lactones) is 1. The lowest BCUT2D eigenvalue weighted by molar-refractivity contribution is -0.294. The molecule has 0 fully saturated rings. The molecule has 0 bridgehead atoms. The first-order valence-electron chi connectivity index (χ1n) is 19.2. The number of aromatic carboxylic acids is 1. The van der Waals surface area contributed by atoms with Gasteiger partial charge in [-0.15, -0.1) is 0 Å². The number of carbonyl (C=O) groups excluding carboxylic acids is 4. The summed E-state index contributed by atoms with van der Waals surface area (Å²) in [4.78, 5) is 50.8. The maximum atomic E-state index is 12.9. The average Bonchev–Trinajstić information content (AvgIpc) is 4.06. The van der Waals surface area contributed by atoms with Gasteiger partial charge in [0.15, 0.2) is 0 Å². The molecule has 0 unspecified atom stereocenters. The Morgan fingerprint density at radius 1 is 0.924 bits per heavy atom. The van der Waals surface area contributed by atoms with Gasteiger partial charge in [0.25, 0.3) is 11.6 Å². The lowest BCUT2D eigenvalue weighted by atomic mass is 10.0. The minimum absolute atomic E-state index is 0.0472. The molecule has 66 heavy (non-hydrogen) atoms. The van der Waals surface area contributed by atoms with E-state index in [1.807, 2.05) is 13.8 Å². The van der Waals surface area contributed by atoms with Crippen molar-refractivity contribution in [2.45, 2.75) is 31.6 Å². The number of hydrazone groups is 1. The van der Waals surface area contributed by atoms with Crippen molar-refractivity contribution >= 4 is 78.8 Å². The zero-order valence-corrected chi connectivity index (χ0v) is 36.0. The third kappa shape index (κ3) is 10.7. The van der Waals surface area contributed by atoms with Gasteiger partial charge in [0.05, 0.1) is 52.4 Å². The van der Waals surface area contributed by atoms with Crippen LogP contribution in [0.4, 0.5) is 11.4 Å². The molecule has 7 rings (SSSR count). The number of carbonyl (C=O) groups is 4. The van der Waals surface area contributed by atoms with Crippen LogP contribution in [0.1, 0.15) is 52.7 Å². The first kappa shape index (κ1) is 47.1. The monoisotopic (exact) mass is 932 g/mol. The lowest BCUT2D eigenvalue weighted by Crippen LogP contribution is -2.32. The molecule has 2 aliphatic rings.